The van der Waals surface area contributed by atoms with Crippen molar-refractivity contribution < 1.29 is 14.5 Å². The van der Waals surface area contributed by atoms with Crippen molar-refractivity contribution in [2.45, 2.75) is 12.6 Å². The zero-order valence-electron chi connectivity index (χ0n) is 16.8. The lowest BCUT2D eigenvalue weighted by molar-refractivity contribution is -0.890. The second-order valence-corrected chi connectivity index (χ2v) is 7.51. The summed E-state index contributed by atoms with van der Waals surface area (Å²) in [6.07, 6.45) is 0. The molecule has 28 heavy (non-hydrogen) atoms. The molecule has 0 aliphatic rings. The van der Waals surface area contributed by atoms with Crippen molar-refractivity contribution in [1.82, 2.24) is 10.6 Å². The molecule has 0 aromatic heterocycles. The van der Waals surface area contributed by atoms with E-state index < -0.39 is 11.8 Å². The molecule has 0 unspecified atom stereocenters. The van der Waals surface area contributed by atoms with E-state index in [-0.39, 0.29) is 12.6 Å². The van der Waals surface area contributed by atoms with Crippen molar-refractivity contribution in [3.63, 3.8) is 0 Å². The second-order valence-electron chi connectivity index (χ2n) is 7.10. The zero-order chi connectivity index (χ0) is 20.7. The lowest BCUT2D eigenvalue weighted by Gasteiger charge is -2.23. The summed E-state index contributed by atoms with van der Waals surface area (Å²) >= 11 is 6.07. The van der Waals surface area contributed by atoms with Gasteiger partial charge in [0.05, 0.1) is 20.6 Å². The Bertz CT molecular complexity index is 806. The number of anilines is 1. The van der Waals surface area contributed by atoms with Gasteiger partial charge in [-0.3, -0.25) is 9.59 Å². The first-order valence-corrected chi connectivity index (χ1v) is 9.54. The summed E-state index contributed by atoms with van der Waals surface area (Å²) < 4.78 is 0. The fourth-order valence-electron chi connectivity index (χ4n) is 2.83. The Morgan fingerprint density at radius 2 is 1.61 bits per heavy atom. The minimum Gasteiger partial charge on any atom is -0.378 e. The molecule has 7 heteroatoms. The van der Waals surface area contributed by atoms with Crippen LogP contribution in [0.3, 0.4) is 0 Å². The summed E-state index contributed by atoms with van der Waals surface area (Å²) in [6.45, 7) is 0.572. The van der Waals surface area contributed by atoms with Crippen LogP contribution in [-0.4, -0.2) is 46.5 Å². The highest BCUT2D eigenvalue weighted by Crippen LogP contribution is 2.16. The predicted molar refractivity (Wildman–Crippen MR) is 113 cm³/mol. The minimum absolute atomic E-state index is 0.0385. The summed E-state index contributed by atoms with van der Waals surface area (Å²) in [5, 5.41) is 5.90. The van der Waals surface area contributed by atoms with Crippen LogP contribution in [0.2, 0.25) is 5.02 Å². The monoisotopic (exact) mass is 403 g/mol. The van der Waals surface area contributed by atoms with Gasteiger partial charge in [0.1, 0.15) is 6.04 Å². The van der Waals surface area contributed by atoms with Gasteiger partial charge in [0, 0.05) is 36.9 Å². The van der Waals surface area contributed by atoms with Crippen molar-refractivity contribution in [2.75, 3.05) is 39.6 Å². The van der Waals surface area contributed by atoms with Crippen LogP contribution in [0.5, 0.6) is 0 Å². The third kappa shape index (κ3) is 5.97. The van der Waals surface area contributed by atoms with Crippen molar-refractivity contribution in [3.8, 4) is 0 Å². The first-order valence-electron chi connectivity index (χ1n) is 9.16. The average Bonchev–Trinajstić information content (AvgIpc) is 2.67. The van der Waals surface area contributed by atoms with Gasteiger partial charge in [-0.15, -0.1) is 0 Å². The molecule has 0 spiro atoms. The molecule has 0 aliphatic carbocycles. The first-order chi connectivity index (χ1) is 13.3. The van der Waals surface area contributed by atoms with Gasteiger partial charge in [-0.2, -0.15) is 0 Å². The molecule has 0 aliphatic heterocycles. The van der Waals surface area contributed by atoms with Gasteiger partial charge < -0.3 is 20.4 Å². The van der Waals surface area contributed by atoms with Crippen LogP contribution >= 0.6 is 11.6 Å². The van der Waals surface area contributed by atoms with Crippen LogP contribution in [-0.2, 0) is 16.1 Å². The fourth-order valence-corrected chi connectivity index (χ4v) is 3.04. The van der Waals surface area contributed by atoms with E-state index in [9.17, 15) is 9.59 Å². The normalized spacial score (nSPS) is 11.8. The molecule has 2 amide bonds. The fraction of sp³-hybridized carbons (Fsp3) is 0.333. The number of nitrogens with zero attached hydrogens (tertiary/aromatic N) is 1. The Kier molecular flexibility index (Phi) is 7.84. The maximum Gasteiger partial charge on any atom is 0.309 e. The summed E-state index contributed by atoms with van der Waals surface area (Å²) in [6, 6.07) is 15.4. The Hall–Kier alpha value is -2.57. The van der Waals surface area contributed by atoms with Crippen LogP contribution in [0.4, 0.5) is 5.69 Å². The summed E-state index contributed by atoms with van der Waals surface area (Å²) in [5.74, 6) is -1.32. The Morgan fingerprint density at radius 3 is 2.18 bits per heavy atom. The maximum atomic E-state index is 12.2. The standard InChI is InChI=1S/C21H27ClN4O2/c1-25(2)17-11-9-15(10-12-17)19(26(3)4)14-24-21(28)20(27)23-13-16-7-5-6-8-18(16)22/h5-12,19H,13-14H2,1-4H3,(H,23,27)(H,24,28)/p+1/t19-/m1/s1. The largest absolute Gasteiger partial charge is 0.378 e. The van der Waals surface area contributed by atoms with Gasteiger partial charge in [0.15, 0.2) is 0 Å². The number of carbonyl (C=O) groups is 2. The van der Waals surface area contributed by atoms with Crippen LogP contribution in [0.25, 0.3) is 0 Å². The molecule has 0 heterocycles. The molecule has 6 nitrogen and oxygen atoms in total. The van der Waals surface area contributed by atoms with Crippen LogP contribution in [0.1, 0.15) is 17.2 Å². The van der Waals surface area contributed by atoms with E-state index in [0.717, 1.165) is 21.7 Å². The highest BCUT2D eigenvalue weighted by Gasteiger charge is 2.21. The van der Waals surface area contributed by atoms with E-state index >= 15 is 0 Å². The number of likely N-dealkylation sites (N-methyl/N-ethyl adjacent to an activating group) is 1. The van der Waals surface area contributed by atoms with Crippen molar-refractivity contribution >= 4 is 29.1 Å². The molecule has 2 rings (SSSR count). The van der Waals surface area contributed by atoms with E-state index in [1.807, 2.05) is 63.4 Å². The molecule has 1 atom stereocenters. The van der Waals surface area contributed by atoms with Gasteiger partial charge in [0.2, 0.25) is 0 Å². The number of carbonyl (C=O) groups excluding carboxylic acids is 2. The minimum atomic E-state index is -0.671. The number of hydrogen-bond donors (Lipinski definition) is 3. The van der Waals surface area contributed by atoms with E-state index in [1.165, 1.54) is 0 Å². The lowest BCUT2D eigenvalue weighted by Crippen LogP contribution is -3.07. The third-order valence-corrected chi connectivity index (χ3v) is 4.95. The Labute approximate surface area is 171 Å². The van der Waals surface area contributed by atoms with Crippen molar-refractivity contribution in [1.29, 1.82) is 0 Å². The molecular formula is C21H28ClN4O2+. The van der Waals surface area contributed by atoms with Crippen LogP contribution in [0, 0.1) is 0 Å². The van der Waals surface area contributed by atoms with E-state index in [4.69, 9.17) is 11.6 Å². The molecule has 0 radical (unpaired) electrons. The molecule has 150 valence electrons. The maximum absolute atomic E-state index is 12.2. The molecule has 3 N–H and O–H groups in total. The number of halogens is 1. The quantitative estimate of drug-likeness (QED) is 0.605. The van der Waals surface area contributed by atoms with Crippen molar-refractivity contribution in [3.05, 3.63) is 64.7 Å². The van der Waals surface area contributed by atoms with Crippen LogP contribution in [0.15, 0.2) is 48.5 Å². The number of rotatable bonds is 7. The van der Waals surface area contributed by atoms with Gasteiger partial charge in [-0.05, 0) is 23.8 Å². The topological polar surface area (TPSA) is 65.9 Å². The highest BCUT2D eigenvalue weighted by molar-refractivity contribution is 6.35. The van der Waals surface area contributed by atoms with Crippen molar-refractivity contribution in [2.24, 2.45) is 0 Å². The number of amides is 2. The molecular weight excluding hydrogens is 376 g/mol. The molecule has 0 fully saturated rings. The van der Waals surface area contributed by atoms with Gasteiger partial charge in [0.25, 0.3) is 0 Å². The molecule has 0 bridgehead atoms. The number of hydrogen-bond acceptors (Lipinski definition) is 3. The smallest absolute Gasteiger partial charge is 0.309 e. The number of quaternary nitrogens is 1. The first kappa shape index (κ1) is 21.7. The lowest BCUT2D eigenvalue weighted by atomic mass is 10.1. The SMILES string of the molecule is CN(C)c1ccc([C@@H](CNC(=O)C(=O)NCc2ccccc2Cl)[NH+](C)C)cc1. The highest BCUT2D eigenvalue weighted by atomic mass is 35.5. The van der Waals surface area contributed by atoms with Gasteiger partial charge in [-0.1, -0.05) is 41.9 Å². The third-order valence-electron chi connectivity index (χ3n) is 4.58. The van der Waals surface area contributed by atoms with Crippen LogP contribution < -0.4 is 20.4 Å². The number of nitrogens with one attached hydrogen (secondary N) is 3. The molecule has 2 aromatic carbocycles. The number of benzene rings is 2. The second kappa shape index (κ2) is 10.1. The van der Waals surface area contributed by atoms with Gasteiger partial charge in [-0.25, -0.2) is 0 Å². The van der Waals surface area contributed by atoms with E-state index in [0.29, 0.717) is 11.6 Å². The molecule has 0 saturated carbocycles. The Balaban J connectivity index is 1.92. The summed E-state index contributed by atoms with van der Waals surface area (Å²) in [7, 11) is 8.03. The average molecular weight is 404 g/mol. The summed E-state index contributed by atoms with van der Waals surface area (Å²) in [4.78, 5) is 27.5. The predicted octanol–water partition coefficient (Wildman–Crippen LogP) is 1.02. The Morgan fingerprint density at radius 1 is 1.00 bits per heavy atom. The molecule has 0 saturated heterocycles. The zero-order valence-corrected chi connectivity index (χ0v) is 17.5. The summed E-state index contributed by atoms with van der Waals surface area (Å²) in [5.41, 5.74) is 2.98. The van der Waals surface area contributed by atoms with E-state index in [2.05, 4.69) is 22.8 Å². The molecule has 2 aromatic rings. The van der Waals surface area contributed by atoms with E-state index in [1.54, 1.807) is 6.07 Å². The van der Waals surface area contributed by atoms with Gasteiger partial charge >= 0.3 is 11.8 Å².